The van der Waals surface area contributed by atoms with Crippen LogP contribution in [0, 0.1) is 0 Å². The highest BCUT2D eigenvalue weighted by Gasteiger charge is 2.25. The van der Waals surface area contributed by atoms with E-state index in [1.807, 2.05) is 18.2 Å². The molecule has 0 saturated heterocycles. The van der Waals surface area contributed by atoms with Gasteiger partial charge in [0.05, 0.1) is 5.56 Å². The van der Waals surface area contributed by atoms with Gasteiger partial charge in [0.15, 0.2) is 0 Å². The summed E-state index contributed by atoms with van der Waals surface area (Å²) in [5.74, 6) is 0.672. The first kappa shape index (κ1) is 15.0. The fourth-order valence-electron chi connectivity index (χ4n) is 3.52. The number of hydrogen-bond donors (Lipinski definition) is 1. The molecule has 0 aliphatic carbocycles. The van der Waals surface area contributed by atoms with Crippen LogP contribution in [0.2, 0.25) is 0 Å². The SMILES string of the molecule is CN1CCC2=C(CC1)c1cc(C(=O)O)ccc1Oc1ccccc12. The Kier molecular flexibility index (Phi) is 3.62. The van der Waals surface area contributed by atoms with E-state index in [0.29, 0.717) is 5.56 Å². The molecule has 2 aliphatic rings. The summed E-state index contributed by atoms with van der Waals surface area (Å²) in [7, 11) is 2.13. The largest absolute Gasteiger partial charge is 0.478 e. The minimum atomic E-state index is -0.910. The lowest BCUT2D eigenvalue weighted by atomic mass is 9.90. The van der Waals surface area contributed by atoms with Crippen LogP contribution < -0.4 is 4.74 Å². The molecule has 0 aromatic heterocycles. The standard InChI is InChI=1S/C20H19NO3/c1-21-10-8-14-15(9-11-21)17-12-13(20(22)23)6-7-19(17)24-18-5-3-2-4-16(14)18/h2-7,12H,8-11H2,1H3,(H,22,23). The fraction of sp³-hybridized carbons (Fsp3) is 0.250. The molecule has 4 nitrogen and oxygen atoms in total. The van der Waals surface area contributed by atoms with Gasteiger partial charge in [-0.2, -0.15) is 0 Å². The highest BCUT2D eigenvalue weighted by molar-refractivity contribution is 5.98. The van der Waals surface area contributed by atoms with E-state index in [4.69, 9.17) is 4.74 Å². The maximum atomic E-state index is 11.4. The zero-order valence-electron chi connectivity index (χ0n) is 13.6. The third-order valence-corrected chi connectivity index (χ3v) is 4.84. The van der Waals surface area contributed by atoms with E-state index in [9.17, 15) is 9.90 Å². The van der Waals surface area contributed by atoms with Gasteiger partial charge in [-0.1, -0.05) is 18.2 Å². The maximum Gasteiger partial charge on any atom is 0.335 e. The van der Waals surface area contributed by atoms with Crippen molar-refractivity contribution < 1.29 is 14.6 Å². The highest BCUT2D eigenvalue weighted by Crippen LogP contribution is 2.45. The summed E-state index contributed by atoms with van der Waals surface area (Å²) >= 11 is 0. The molecule has 2 heterocycles. The lowest BCUT2D eigenvalue weighted by Crippen LogP contribution is -2.19. The minimum Gasteiger partial charge on any atom is -0.478 e. The predicted molar refractivity (Wildman–Crippen MR) is 93.5 cm³/mol. The van der Waals surface area contributed by atoms with Crippen molar-refractivity contribution in [3.63, 3.8) is 0 Å². The third-order valence-electron chi connectivity index (χ3n) is 4.84. The number of para-hydroxylation sites is 1. The van der Waals surface area contributed by atoms with Gasteiger partial charge in [-0.25, -0.2) is 4.79 Å². The lowest BCUT2D eigenvalue weighted by molar-refractivity contribution is 0.0697. The monoisotopic (exact) mass is 321 g/mol. The number of nitrogens with zero attached hydrogens (tertiary/aromatic N) is 1. The Labute approximate surface area is 141 Å². The summed E-state index contributed by atoms with van der Waals surface area (Å²) in [5.41, 5.74) is 4.82. The average Bonchev–Trinajstić information content (AvgIpc) is 2.84. The molecule has 1 N–H and O–H groups in total. The quantitative estimate of drug-likeness (QED) is 0.858. The van der Waals surface area contributed by atoms with Crippen molar-refractivity contribution in [3.8, 4) is 11.5 Å². The van der Waals surface area contributed by atoms with E-state index in [-0.39, 0.29) is 0 Å². The number of carbonyl (C=O) groups is 1. The molecule has 0 atom stereocenters. The van der Waals surface area contributed by atoms with Crippen LogP contribution in [-0.2, 0) is 0 Å². The Hall–Kier alpha value is -2.59. The molecule has 0 unspecified atom stereocenters. The van der Waals surface area contributed by atoms with E-state index < -0.39 is 5.97 Å². The van der Waals surface area contributed by atoms with Crippen LogP contribution in [0.4, 0.5) is 0 Å². The summed E-state index contributed by atoms with van der Waals surface area (Å²) in [5, 5.41) is 9.36. The van der Waals surface area contributed by atoms with Gasteiger partial charge in [-0.05, 0) is 55.3 Å². The average molecular weight is 321 g/mol. The Morgan fingerprint density at radius 3 is 2.42 bits per heavy atom. The number of carboxylic acid groups (broad SMARTS) is 1. The second-order valence-electron chi connectivity index (χ2n) is 6.37. The molecule has 0 radical (unpaired) electrons. The number of fused-ring (bicyclic) bond motifs is 4. The first-order valence-corrected chi connectivity index (χ1v) is 8.19. The van der Waals surface area contributed by atoms with Crippen LogP contribution in [0.1, 0.15) is 34.3 Å². The van der Waals surface area contributed by atoms with E-state index in [2.05, 4.69) is 18.0 Å². The number of carboxylic acids is 1. The number of rotatable bonds is 1. The van der Waals surface area contributed by atoms with Crippen LogP contribution in [0.25, 0.3) is 11.1 Å². The number of ether oxygens (including phenoxy) is 1. The van der Waals surface area contributed by atoms with E-state index in [1.165, 1.54) is 11.1 Å². The van der Waals surface area contributed by atoms with Gasteiger partial charge in [0.1, 0.15) is 11.5 Å². The smallest absolute Gasteiger partial charge is 0.335 e. The van der Waals surface area contributed by atoms with Crippen LogP contribution in [-0.4, -0.2) is 36.1 Å². The zero-order valence-corrected chi connectivity index (χ0v) is 13.6. The molecule has 122 valence electrons. The van der Waals surface area contributed by atoms with Crippen molar-refractivity contribution in [3.05, 3.63) is 59.2 Å². The van der Waals surface area contributed by atoms with Gasteiger partial charge >= 0.3 is 5.97 Å². The van der Waals surface area contributed by atoms with Gasteiger partial charge in [-0.3, -0.25) is 0 Å². The van der Waals surface area contributed by atoms with E-state index in [0.717, 1.165) is 48.6 Å². The number of benzene rings is 2. The normalized spacial score (nSPS) is 17.0. The lowest BCUT2D eigenvalue weighted by Gasteiger charge is -2.15. The summed E-state index contributed by atoms with van der Waals surface area (Å²) in [6, 6.07) is 13.2. The first-order chi connectivity index (χ1) is 11.6. The predicted octanol–water partition coefficient (Wildman–Crippen LogP) is 4.13. The molecule has 2 aromatic rings. The second-order valence-corrected chi connectivity index (χ2v) is 6.37. The third kappa shape index (κ3) is 2.49. The van der Waals surface area contributed by atoms with Crippen LogP contribution in [0.5, 0.6) is 11.5 Å². The molecule has 2 aromatic carbocycles. The molecular weight excluding hydrogens is 302 g/mol. The molecule has 4 rings (SSSR count). The summed E-state index contributed by atoms with van der Waals surface area (Å²) in [6.45, 7) is 1.94. The molecule has 0 spiro atoms. The Bertz CT molecular complexity index is 854. The second kappa shape index (κ2) is 5.80. The van der Waals surface area contributed by atoms with Gasteiger partial charge in [-0.15, -0.1) is 0 Å². The summed E-state index contributed by atoms with van der Waals surface area (Å²) < 4.78 is 6.15. The van der Waals surface area contributed by atoms with Crippen LogP contribution in [0.15, 0.2) is 42.5 Å². The van der Waals surface area contributed by atoms with Crippen molar-refractivity contribution in [2.75, 3.05) is 20.1 Å². The van der Waals surface area contributed by atoms with Crippen molar-refractivity contribution >= 4 is 17.1 Å². The first-order valence-electron chi connectivity index (χ1n) is 8.19. The summed E-state index contributed by atoms with van der Waals surface area (Å²) in [4.78, 5) is 13.7. The van der Waals surface area contributed by atoms with Crippen LogP contribution in [0.3, 0.4) is 0 Å². The van der Waals surface area contributed by atoms with Crippen molar-refractivity contribution in [1.82, 2.24) is 4.90 Å². The molecule has 4 heteroatoms. The highest BCUT2D eigenvalue weighted by atomic mass is 16.5. The van der Waals surface area contributed by atoms with E-state index in [1.54, 1.807) is 18.2 Å². The zero-order chi connectivity index (χ0) is 16.7. The number of aromatic carboxylic acids is 1. The van der Waals surface area contributed by atoms with Crippen molar-refractivity contribution in [1.29, 1.82) is 0 Å². The Morgan fingerprint density at radius 1 is 1.00 bits per heavy atom. The summed E-state index contributed by atoms with van der Waals surface area (Å²) in [6.07, 6.45) is 1.82. The van der Waals surface area contributed by atoms with Gasteiger partial charge in [0.25, 0.3) is 0 Å². The molecule has 24 heavy (non-hydrogen) atoms. The van der Waals surface area contributed by atoms with Crippen molar-refractivity contribution in [2.24, 2.45) is 0 Å². The Morgan fingerprint density at radius 2 is 1.67 bits per heavy atom. The molecule has 0 saturated carbocycles. The van der Waals surface area contributed by atoms with Gasteiger partial charge < -0.3 is 14.7 Å². The van der Waals surface area contributed by atoms with E-state index >= 15 is 0 Å². The van der Waals surface area contributed by atoms with Gasteiger partial charge in [0, 0.05) is 24.2 Å². The van der Waals surface area contributed by atoms with Crippen LogP contribution >= 0.6 is 0 Å². The topological polar surface area (TPSA) is 49.8 Å². The molecule has 0 bridgehead atoms. The van der Waals surface area contributed by atoms with Gasteiger partial charge in [0.2, 0.25) is 0 Å². The molecular formula is C20H19NO3. The number of hydrogen-bond acceptors (Lipinski definition) is 3. The van der Waals surface area contributed by atoms with Crippen molar-refractivity contribution in [2.45, 2.75) is 12.8 Å². The fourth-order valence-corrected chi connectivity index (χ4v) is 3.52. The Balaban J connectivity index is 1.97. The maximum absolute atomic E-state index is 11.4. The molecule has 0 fully saturated rings. The molecule has 0 amide bonds. The molecule has 2 aliphatic heterocycles. The minimum absolute atomic E-state index is 0.299.